The zero-order chi connectivity index (χ0) is 36.1. The second-order valence-corrected chi connectivity index (χ2v) is 13.6. The Morgan fingerprint density at radius 2 is 0.804 bits per heavy atom. The van der Waals surface area contributed by atoms with Gasteiger partial charge in [-0.3, -0.25) is 0 Å². The van der Waals surface area contributed by atoms with Crippen LogP contribution in [-0.2, 0) is 12.4 Å². The molecule has 0 atom stereocenters. The van der Waals surface area contributed by atoms with E-state index in [-0.39, 0.29) is 28.1 Å². The topological polar surface area (TPSA) is 9.86 Å². The van der Waals surface area contributed by atoms with Crippen LogP contribution < -0.4 is 0 Å². The van der Waals surface area contributed by atoms with Crippen molar-refractivity contribution >= 4 is 43.6 Å². The minimum atomic E-state index is -4.87. The van der Waals surface area contributed by atoms with Crippen molar-refractivity contribution in [3.8, 4) is 22.5 Å². The molecule has 51 heavy (non-hydrogen) atoms. The van der Waals surface area contributed by atoms with Crippen molar-refractivity contribution in [2.24, 2.45) is 0 Å². The van der Waals surface area contributed by atoms with E-state index in [9.17, 15) is 13.2 Å². The lowest BCUT2D eigenvalue weighted by Crippen LogP contribution is -2.15. The van der Waals surface area contributed by atoms with E-state index in [1.807, 2.05) is 88.4 Å². The summed E-state index contributed by atoms with van der Waals surface area (Å²) in [7, 11) is 0. The maximum atomic E-state index is 15.6. The fourth-order valence-electron chi connectivity index (χ4n) is 7.66. The molecule has 0 radical (unpaired) electrons. The highest BCUT2D eigenvalue weighted by atomic mass is 19.4. The van der Waals surface area contributed by atoms with E-state index in [1.54, 1.807) is 34.3 Å². The maximum Gasteiger partial charge on any atom is 0.418 e. The minimum absolute atomic E-state index is 0.00559. The van der Waals surface area contributed by atoms with Gasteiger partial charge in [-0.15, -0.1) is 0 Å². The summed E-state index contributed by atoms with van der Waals surface area (Å²) < 4.78 is 94.8. The molecule has 0 bridgehead atoms. The predicted molar refractivity (Wildman–Crippen MR) is 194 cm³/mol. The van der Waals surface area contributed by atoms with Gasteiger partial charge in [-0.1, -0.05) is 58.7 Å². The minimum Gasteiger partial charge on any atom is -0.309 e. The summed E-state index contributed by atoms with van der Waals surface area (Å²) in [6.45, 7) is 9.25. The molecule has 0 aliphatic carbocycles. The van der Waals surface area contributed by atoms with Gasteiger partial charge >= 0.3 is 12.4 Å². The van der Waals surface area contributed by atoms with Crippen LogP contribution in [0.2, 0.25) is 0 Å². The standard InChI is InChI=1S/C43H32F6N2/c1-23-9-13-35-28(17-23)29-18-24(2)10-14-36(29)50(35)39-22-34(43(47,48)49)40(21-32(39)41-27(5)7-6-8-33(41)42(44,45)46)51-37-15-11-25(3)19-30(37)31-20-26(4)12-16-38(31)51/h6-22H,1-5H3. The molecule has 8 aromatic rings. The number of fused-ring (bicyclic) bond motifs is 6. The smallest absolute Gasteiger partial charge is 0.309 e. The molecule has 0 unspecified atom stereocenters. The molecule has 0 amide bonds. The van der Waals surface area contributed by atoms with Crippen LogP contribution in [-0.4, -0.2) is 9.13 Å². The second-order valence-electron chi connectivity index (χ2n) is 13.6. The van der Waals surface area contributed by atoms with Crippen LogP contribution in [0, 0.1) is 34.6 Å². The molecule has 2 aromatic heterocycles. The highest BCUT2D eigenvalue weighted by molar-refractivity contribution is 6.11. The molecular formula is C43H32F6N2. The summed E-state index contributed by atoms with van der Waals surface area (Å²) in [5.41, 5.74) is 4.02. The molecule has 2 nitrogen and oxygen atoms in total. The van der Waals surface area contributed by atoms with Crippen molar-refractivity contribution < 1.29 is 26.3 Å². The van der Waals surface area contributed by atoms with Crippen LogP contribution in [0.15, 0.2) is 103 Å². The first kappa shape index (κ1) is 32.7. The largest absolute Gasteiger partial charge is 0.418 e. The molecule has 0 aliphatic heterocycles. The van der Waals surface area contributed by atoms with Gasteiger partial charge in [-0.2, -0.15) is 26.3 Å². The predicted octanol–water partition coefficient (Wildman–Crippen LogP) is 13.1. The van der Waals surface area contributed by atoms with Gasteiger partial charge < -0.3 is 9.13 Å². The zero-order valence-electron chi connectivity index (χ0n) is 28.5. The monoisotopic (exact) mass is 690 g/mol. The van der Waals surface area contributed by atoms with Crippen molar-refractivity contribution in [2.75, 3.05) is 0 Å². The van der Waals surface area contributed by atoms with Gasteiger partial charge in [-0.05, 0) is 112 Å². The molecule has 6 aromatic carbocycles. The van der Waals surface area contributed by atoms with E-state index in [2.05, 4.69) is 0 Å². The first-order valence-corrected chi connectivity index (χ1v) is 16.6. The highest BCUT2D eigenvalue weighted by Gasteiger charge is 2.39. The van der Waals surface area contributed by atoms with Gasteiger partial charge in [0.15, 0.2) is 0 Å². The van der Waals surface area contributed by atoms with E-state index >= 15 is 13.2 Å². The van der Waals surface area contributed by atoms with Gasteiger partial charge in [-0.25, -0.2) is 0 Å². The van der Waals surface area contributed by atoms with Gasteiger partial charge in [0.1, 0.15) is 0 Å². The quantitative estimate of drug-likeness (QED) is 0.163. The first-order chi connectivity index (χ1) is 24.1. The van der Waals surface area contributed by atoms with Gasteiger partial charge in [0.05, 0.1) is 44.6 Å². The van der Waals surface area contributed by atoms with Crippen molar-refractivity contribution in [3.63, 3.8) is 0 Å². The van der Waals surface area contributed by atoms with Gasteiger partial charge in [0, 0.05) is 27.1 Å². The van der Waals surface area contributed by atoms with Crippen LogP contribution >= 0.6 is 0 Å². The fraction of sp³-hybridized carbons (Fsp3) is 0.163. The van der Waals surface area contributed by atoms with Crippen molar-refractivity contribution in [2.45, 2.75) is 47.0 Å². The summed E-state index contributed by atoms with van der Waals surface area (Å²) in [6.07, 6.45) is -9.65. The van der Waals surface area contributed by atoms with Crippen molar-refractivity contribution in [3.05, 3.63) is 142 Å². The molecule has 0 saturated carbocycles. The number of hydrogen-bond acceptors (Lipinski definition) is 0. The van der Waals surface area contributed by atoms with Crippen molar-refractivity contribution in [1.29, 1.82) is 0 Å². The fourth-order valence-corrected chi connectivity index (χ4v) is 7.66. The number of nitrogens with zero attached hydrogens (tertiary/aromatic N) is 2. The number of hydrogen-bond donors (Lipinski definition) is 0. The molecular weight excluding hydrogens is 658 g/mol. The Kier molecular flexibility index (Phi) is 7.21. The first-order valence-electron chi connectivity index (χ1n) is 16.6. The number of aromatic nitrogens is 2. The average molecular weight is 691 g/mol. The molecule has 0 N–H and O–H groups in total. The third-order valence-corrected chi connectivity index (χ3v) is 9.90. The number of alkyl halides is 6. The van der Waals surface area contributed by atoms with E-state index in [0.717, 1.165) is 55.9 Å². The molecule has 0 saturated heterocycles. The number of halogens is 6. The lowest BCUT2D eigenvalue weighted by atomic mass is 9.91. The maximum absolute atomic E-state index is 15.6. The third-order valence-electron chi connectivity index (χ3n) is 9.90. The molecule has 0 fully saturated rings. The molecule has 0 aliphatic rings. The normalized spacial score (nSPS) is 12.6. The van der Waals surface area contributed by atoms with Crippen LogP contribution in [0.1, 0.15) is 38.9 Å². The Morgan fingerprint density at radius 3 is 1.20 bits per heavy atom. The summed E-state index contributed by atoms with van der Waals surface area (Å²) >= 11 is 0. The Labute approximate surface area is 290 Å². The van der Waals surface area contributed by atoms with E-state index in [1.165, 1.54) is 12.1 Å². The van der Waals surface area contributed by atoms with Crippen LogP contribution in [0.4, 0.5) is 26.3 Å². The summed E-state index contributed by atoms with van der Waals surface area (Å²) in [4.78, 5) is 0. The van der Waals surface area contributed by atoms with E-state index in [4.69, 9.17) is 0 Å². The summed E-state index contributed by atoms with van der Waals surface area (Å²) in [6, 6.07) is 28.6. The number of benzene rings is 6. The molecule has 0 spiro atoms. The molecule has 8 heteroatoms. The second kappa shape index (κ2) is 11.3. The Morgan fingerprint density at radius 1 is 0.412 bits per heavy atom. The Balaban J connectivity index is 1.61. The lowest BCUT2D eigenvalue weighted by Gasteiger charge is -2.24. The third kappa shape index (κ3) is 5.19. The van der Waals surface area contributed by atoms with Crippen molar-refractivity contribution in [1.82, 2.24) is 9.13 Å². The lowest BCUT2D eigenvalue weighted by molar-refractivity contribution is -0.138. The highest BCUT2D eigenvalue weighted by Crippen LogP contribution is 2.48. The average Bonchev–Trinajstić information content (AvgIpc) is 3.54. The van der Waals surface area contributed by atoms with Gasteiger partial charge in [0.2, 0.25) is 0 Å². The summed E-state index contributed by atoms with van der Waals surface area (Å²) in [5, 5.41) is 3.11. The Bertz CT molecular complexity index is 2600. The Hall–Kier alpha value is -5.50. The zero-order valence-corrected chi connectivity index (χ0v) is 28.5. The molecule has 256 valence electrons. The van der Waals surface area contributed by atoms with E-state index in [0.29, 0.717) is 22.1 Å². The van der Waals surface area contributed by atoms with Crippen LogP contribution in [0.25, 0.3) is 66.1 Å². The molecule has 8 rings (SSSR count). The van der Waals surface area contributed by atoms with Crippen LogP contribution in [0.3, 0.4) is 0 Å². The SMILES string of the molecule is Cc1ccc2c(c1)c1cc(C)ccc1n2-c1cc(C(F)(F)F)c(-n2c3ccc(C)cc3c3cc(C)ccc32)cc1-c1c(C)cccc1C(F)(F)F. The number of rotatable bonds is 3. The number of aryl methyl sites for hydroxylation is 5. The van der Waals surface area contributed by atoms with Gasteiger partial charge in [0.25, 0.3) is 0 Å². The molecule has 2 heterocycles. The van der Waals surface area contributed by atoms with E-state index < -0.39 is 23.5 Å². The summed E-state index contributed by atoms with van der Waals surface area (Å²) in [5.74, 6) is 0. The van der Waals surface area contributed by atoms with Crippen LogP contribution in [0.5, 0.6) is 0 Å².